The van der Waals surface area contributed by atoms with Crippen molar-refractivity contribution in [3.63, 3.8) is 0 Å². The van der Waals surface area contributed by atoms with Gasteiger partial charge in [-0.25, -0.2) is 0 Å². The highest BCUT2D eigenvalue weighted by Crippen LogP contribution is 2.40. The Balaban J connectivity index is 2.59. The van der Waals surface area contributed by atoms with E-state index >= 15 is 0 Å². The number of rotatable bonds is 3. The van der Waals surface area contributed by atoms with Gasteiger partial charge in [0.05, 0.1) is 11.6 Å². The number of hydrogen-bond donors (Lipinski definition) is 1. The highest BCUT2D eigenvalue weighted by Gasteiger charge is 2.36. The molecule has 108 valence electrons. The van der Waals surface area contributed by atoms with Gasteiger partial charge in [0.15, 0.2) is 0 Å². The molecule has 0 aliphatic carbocycles. The van der Waals surface area contributed by atoms with E-state index in [9.17, 15) is 13.2 Å². The zero-order valence-electron chi connectivity index (χ0n) is 10.3. The molecule has 7 heteroatoms. The van der Waals surface area contributed by atoms with Crippen LogP contribution in [-0.4, -0.2) is 7.05 Å². The van der Waals surface area contributed by atoms with Crippen molar-refractivity contribution in [2.24, 2.45) is 0 Å². The van der Waals surface area contributed by atoms with Crippen LogP contribution >= 0.6 is 43.2 Å². The quantitative estimate of drug-likeness (QED) is 0.670. The third-order valence-electron chi connectivity index (χ3n) is 2.87. The van der Waals surface area contributed by atoms with Gasteiger partial charge >= 0.3 is 6.18 Å². The molecule has 2 aromatic rings. The second kappa shape index (κ2) is 6.17. The molecule has 0 saturated carbocycles. The van der Waals surface area contributed by atoms with Crippen molar-refractivity contribution < 1.29 is 13.2 Å². The summed E-state index contributed by atoms with van der Waals surface area (Å²) in [5.74, 6) is 0. The Morgan fingerprint density at radius 3 is 2.35 bits per heavy atom. The Hall–Kier alpha value is -0.370. The minimum atomic E-state index is -4.39. The maximum Gasteiger partial charge on any atom is 0.416 e. The summed E-state index contributed by atoms with van der Waals surface area (Å²) in [5.41, 5.74) is 0.372. The number of hydrogen-bond acceptors (Lipinski definition) is 2. The fraction of sp³-hybridized carbons (Fsp3) is 0.231. The Morgan fingerprint density at radius 1 is 1.15 bits per heavy atom. The summed E-state index contributed by atoms with van der Waals surface area (Å²) in [6, 6.07) is 3.72. The largest absolute Gasteiger partial charge is 0.416 e. The maximum atomic E-state index is 13.2. The molecule has 1 N–H and O–H groups in total. The molecule has 0 radical (unpaired) electrons. The lowest BCUT2D eigenvalue weighted by atomic mass is 9.96. The van der Waals surface area contributed by atoms with E-state index in [4.69, 9.17) is 0 Å². The Kier molecular flexibility index (Phi) is 4.94. The third kappa shape index (κ3) is 3.27. The van der Waals surface area contributed by atoms with Gasteiger partial charge in [-0.3, -0.25) is 0 Å². The smallest absolute Gasteiger partial charge is 0.309 e. The normalized spacial score (nSPS) is 13.5. The lowest BCUT2D eigenvalue weighted by molar-refractivity contribution is -0.138. The lowest BCUT2D eigenvalue weighted by Crippen LogP contribution is -2.22. The molecule has 0 saturated heterocycles. The Bertz CT molecular complexity index is 610. The van der Waals surface area contributed by atoms with Gasteiger partial charge < -0.3 is 5.32 Å². The molecule has 1 aromatic carbocycles. The van der Waals surface area contributed by atoms with Crippen molar-refractivity contribution in [2.75, 3.05) is 7.05 Å². The summed E-state index contributed by atoms with van der Waals surface area (Å²) in [6.07, 6.45) is -4.39. The molecule has 20 heavy (non-hydrogen) atoms. The molecule has 0 aliphatic rings. The maximum absolute atomic E-state index is 13.2. The minimum Gasteiger partial charge on any atom is -0.309 e. The summed E-state index contributed by atoms with van der Waals surface area (Å²) in [5, 5.41) is 6.65. The van der Waals surface area contributed by atoms with Crippen LogP contribution in [0.3, 0.4) is 0 Å². The van der Waals surface area contributed by atoms with Gasteiger partial charge in [-0.2, -0.15) is 24.5 Å². The number of benzene rings is 1. The van der Waals surface area contributed by atoms with Crippen LogP contribution in [0.15, 0.2) is 37.9 Å². The van der Waals surface area contributed by atoms with Crippen molar-refractivity contribution in [1.29, 1.82) is 0 Å². The van der Waals surface area contributed by atoms with E-state index in [2.05, 4.69) is 37.2 Å². The lowest BCUT2D eigenvalue weighted by Gasteiger charge is -2.21. The van der Waals surface area contributed by atoms with Crippen molar-refractivity contribution in [3.05, 3.63) is 54.6 Å². The Labute approximate surface area is 135 Å². The second-order valence-electron chi connectivity index (χ2n) is 4.13. The second-order valence-corrected chi connectivity index (χ2v) is 6.64. The molecule has 0 bridgehead atoms. The molecular formula is C13H10Br2F3NS. The molecule has 1 unspecified atom stereocenters. The Morgan fingerprint density at radius 2 is 1.85 bits per heavy atom. The highest BCUT2D eigenvalue weighted by molar-refractivity contribution is 9.10. The standard InChI is InChI=1S/C13H10Br2F3NS/c1-19-12(9-5-20-6-11(9)15)8-3-2-7(14)4-10(8)13(16,17)18/h2-6,12,19H,1H3. The van der Waals surface area contributed by atoms with Gasteiger partial charge in [0.2, 0.25) is 0 Å². The fourth-order valence-electron chi connectivity index (χ4n) is 2.00. The SMILES string of the molecule is CNC(c1cscc1Br)c1ccc(Br)cc1C(F)(F)F. The van der Waals surface area contributed by atoms with Crippen molar-refractivity contribution in [1.82, 2.24) is 5.32 Å². The van der Waals surface area contributed by atoms with E-state index in [0.717, 1.165) is 16.1 Å². The van der Waals surface area contributed by atoms with Gasteiger partial charge in [0.25, 0.3) is 0 Å². The average molecular weight is 429 g/mol. The summed E-state index contributed by atoms with van der Waals surface area (Å²) >= 11 is 7.91. The van der Waals surface area contributed by atoms with Gasteiger partial charge in [-0.1, -0.05) is 22.0 Å². The van der Waals surface area contributed by atoms with Gasteiger partial charge in [0.1, 0.15) is 0 Å². The summed E-state index contributed by atoms with van der Waals surface area (Å²) in [6.45, 7) is 0. The summed E-state index contributed by atoms with van der Waals surface area (Å²) in [7, 11) is 1.65. The first-order chi connectivity index (χ1) is 9.34. The van der Waals surface area contributed by atoms with Crippen LogP contribution in [-0.2, 0) is 6.18 Å². The van der Waals surface area contributed by atoms with Crippen LogP contribution in [0.5, 0.6) is 0 Å². The summed E-state index contributed by atoms with van der Waals surface area (Å²) < 4.78 is 40.8. The monoisotopic (exact) mass is 427 g/mol. The first-order valence-electron chi connectivity index (χ1n) is 5.60. The van der Waals surface area contributed by atoms with E-state index in [1.807, 2.05) is 10.8 Å². The number of alkyl halides is 3. The molecule has 0 aliphatic heterocycles. The van der Waals surface area contributed by atoms with Crippen molar-refractivity contribution >= 4 is 43.2 Å². The predicted molar refractivity (Wildman–Crippen MR) is 82.1 cm³/mol. The first-order valence-corrected chi connectivity index (χ1v) is 8.13. The predicted octanol–water partition coefficient (Wildman–Crippen LogP) is 5.60. The van der Waals surface area contributed by atoms with Gasteiger partial charge in [-0.15, -0.1) is 0 Å². The topological polar surface area (TPSA) is 12.0 Å². The number of nitrogens with one attached hydrogen (secondary N) is 1. The third-order valence-corrected chi connectivity index (χ3v) is 5.12. The van der Waals surface area contributed by atoms with E-state index in [0.29, 0.717) is 4.47 Å². The number of thiophene rings is 1. The zero-order valence-corrected chi connectivity index (χ0v) is 14.3. The minimum absolute atomic E-state index is 0.210. The molecule has 2 rings (SSSR count). The average Bonchev–Trinajstić information content (AvgIpc) is 2.77. The van der Waals surface area contributed by atoms with Crippen LogP contribution in [0.25, 0.3) is 0 Å². The highest BCUT2D eigenvalue weighted by atomic mass is 79.9. The van der Waals surface area contributed by atoms with E-state index in [1.165, 1.54) is 17.4 Å². The van der Waals surface area contributed by atoms with Gasteiger partial charge in [0, 0.05) is 14.3 Å². The van der Waals surface area contributed by atoms with Crippen LogP contribution in [0.2, 0.25) is 0 Å². The van der Waals surface area contributed by atoms with E-state index in [-0.39, 0.29) is 5.56 Å². The van der Waals surface area contributed by atoms with Crippen LogP contribution < -0.4 is 5.32 Å². The zero-order chi connectivity index (χ0) is 14.9. The van der Waals surface area contributed by atoms with Crippen molar-refractivity contribution in [2.45, 2.75) is 12.2 Å². The molecule has 1 heterocycles. The molecule has 1 nitrogen and oxygen atoms in total. The fourth-order valence-corrected chi connectivity index (χ4v) is 3.91. The van der Waals surface area contributed by atoms with Crippen LogP contribution in [0.4, 0.5) is 13.2 Å². The molecule has 0 amide bonds. The van der Waals surface area contributed by atoms with Crippen molar-refractivity contribution in [3.8, 4) is 0 Å². The molecule has 0 spiro atoms. The molecule has 1 atom stereocenters. The number of halogens is 5. The van der Waals surface area contributed by atoms with Gasteiger partial charge in [-0.05, 0) is 51.6 Å². The molecule has 0 fully saturated rings. The molecule has 1 aromatic heterocycles. The van der Waals surface area contributed by atoms with Crippen LogP contribution in [0, 0.1) is 0 Å². The summed E-state index contributed by atoms with van der Waals surface area (Å²) in [4.78, 5) is 0. The molecular weight excluding hydrogens is 419 g/mol. The van der Waals surface area contributed by atoms with Crippen LogP contribution in [0.1, 0.15) is 22.7 Å². The first kappa shape index (κ1) is 16.0. The van der Waals surface area contributed by atoms with E-state index < -0.39 is 17.8 Å². The van der Waals surface area contributed by atoms with E-state index in [1.54, 1.807) is 13.1 Å².